The highest BCUT2D eigenvalue weighted by Crippen LogP contribution is 2.13. The average Bonchev–Trinajstić information content (AvgIpc) is 2.29. The molecular weight excluding hydrogens is 186 g/mol. The van der Waals surface area contributed by atoms with Gasteiger partial charge in [-0.25, -0.2) is 0 Å². The molecule has 0 amide bonds. The normalized spacial score (nSPS) is 12.9. The molecule has 84 valence electrons. The van der Waals surface area contributed by atoms with Crippen LogP contribution in [0, 0.1) is 0 Å². The molecule has 2 heteroatoms. The van der Waals surface area contributed by atoms with Crippen molar-refractivity contribution >= 4 is 0 Å². The van der Waals surface area contributed by atoms with Gasteiger partial charge in [0.1, 0.15) is 5.75 Å². The molecule has 1 aromatic carbocycles. The smallest absolute Gasteiger partial charge is 0.118 e. The molecular formula is C13H21NO. The summed E-state index contributed by atoms with van der Waals surface area (Å²) in [6, 6.07) is 8.90. The summed E-state index contributed by atoms with van der Waals surface area (Å²) in [7, 11) is 3.86. The number of nitrogens with zero attached hydrogens (tertiary/aromatic N) is 1. The summed E-state index contributed by atoms with van der Waals surface area (Å²) in [5.74, 6) is 0.921. The quantitative estimate of drug-likeness (QED) is 0.736. The van der Waals surface area contributed by atoms with Crippen LogP contribution in [0.25, 0.3) is 0 Å². The molecule has 2 nitrogen and oxygen atoms in total. The molecule has 0 fully saturated rings. The Labute approximate surface area is 92.9 Å². The maximum atomic E-state index is 5.13. The van der Waals surface area contributed by atoms with Gasteiger partial charge in [0, 0.05) is 12.6 Å². The maximum Gasteiger partial charge on any atom is 0.118 e. The third-order valence-electron chi connectivity index (χ3n) is 2.93. The zero-order valence-corrected chi connectivity index (χ0v) is 10.2. The van der Waals surface area contributed by atoms with Crippen LogP contribution in [0.2, 0.25) is 0 Å². The number of methoxy groups -OCH3 is 1. The van der Waals surface area contributed by atoms with Gasteiger partial charge in [0.05, 0.1) is 7.11 Å². The first-order valence-electron chi connectivity index (χ1n) is 5.50. The highest BCUT2D eigenvalue weighted by atomic mass is 16.5. The monoisotopic (exact) mass is 207 g/mol. The van der Waals surface area contributed by atoms with Crippen LogP contribution in [0.3, 0.4) is 0 Å². The van der Waals surface area contributed by atoms with Crippen LogP contribution < -0.4 is 4.74 Å². The molecule has 0 saturated carbocycles. The Morgan fingerprint density at radius 3 is 2.33 bits per heavy atom. The average molecular weight is 207 g/mol. The van der Waals surface area contributed by atoms with E-state index in [9.17, 15) is 0 Å². The number of benzene rings is 1. The van der Waals surface area contributed by atoms with E-state index in [0.29, 0.717) is 6.04 Å². The lowest BCUT2D eigenvalue weighted by Gasteiger charge is -2.23. The van der Waals surface area contributed by atoms with Crippen molar-refractivity contribution < 1.29 is 4.74 Å². The Morgan fingerprint density at radius 1 is 1.27 bits per heavy atom. The molecule has 0 aromatic heterocycles. The molecule has 0 bridgehead atoms. The van der Waals surface area contributed by atoms with Crippen molar-refractivity contribution in [2.45, 2.75) is 32.9 Å². The SMILES string of the molecule is CCC(C)N(C)Cc1ccc(OC)cc1. The van der Waals surface area contributed by atoms with Crippen LogP contribution in [0.5, 0.6) is 5.75 Å². The second-order valence-corrected chi connectivity index (χ2v) is 4.02. The lowest BCUT2D eigenvalue weighted by atomic mass is 10.1. The lowest BCUT2D eigenvalue weighted by molar-refractivity contribution is 0.244. The summed E-state index contributed by atoms with van der Waals surface area (Å²) in [5.41, 5.74) is 1.33. The van der Waals surface area contributed by atoms with E-state index in [1.807, 2.05) is 12.1 Å². The van der Waals surface area contributed by atoms with Gasteiger partial charge < -0.3 is 4.74 Å². The van der Waals surface area contributed by atoms with E-state index in [1.54, 1.807) is 7.11 Å². The number of ether oxygens (including phenoxy) is 1. The van der Waals surface area contributed by atoms with Crippen LogP contribution >= 0.6 is 0 Å². The van der Waals surface area contributed by atoms with Crippen molar-refractivity contribution in [3.63, 3.8) is 0 Å². The highest BCUT2D eigenvalue weighted by molar-refractivity contribution is 5.27. The summed E-state index contributed by atoms with van der Waals surface area (Å²) in [5, 5.41) is 0. The van der Waals surface area contributed by atoms with Crippen molar-refractivity contribution in [2.24, 2.45) is 0 Å². The minimum atomic E-state index is 0.632. The summed E-state index contributed by atoms with van der Waals surface area (Å²) < 4.78 is 5.13. The number of hydrogen-bond acceptors (Lipinski definition) is 2. The van der Waals surface area contributed by atoms with E-state index in [4.69, 9.17) is 4.74 Å². The standard InChI is InChI=1S/C13H21NO/c1-5-11(2)14(3)10-12-6-8-13(15-4)9-7-12/h6-9,11H,5,10H2,1-4H3. The minimum absolute atomic E-state index is 0.632. The molecule has 0 heterocycles. The van der Waals surface area contributed by atoms with Gasteiger partial charge in [-0.2, -0.15) is 0 Å². The van der Waals surface area contributed by atoms with Gasteiger partial charge in [-0.15, -0.1) is 0 Å². The molecule has 0 aliphatic carbocycles. The van der Waals surface area contributed by atoms with Gasteiger partial charge in [-0.3, -0.25) is 4.90 Å². The topological polar surface area (TPSA) is 12.5 Å². The Hall–Kier alpha value is -1.02. The molecule has 0 aliphatic heterocycles. The Bertz CT molecular complexity index is 281. The second-order valence-electron chi connectivity index (χ2n) is 4.02. The molecule has 1 atom stereocenters. The van der Waals surface area contributed by atoms with Gasteiger partial charge in [0.25, 0.3) is 0 Å². The van der Waals surface area contributed by atoms with Crippen LogP contribution in [-0.4, -0.2) is 25.1 Å². The Morgan fingerprint density at radius 2 is 1.87 bits per heavy atom. The van der Waals surface area contributed by atoms with Crippen molar-refractivity contribution in [2.75, 3.05) is 14.2 Å². The fraction of sp³-hybridized carbons (Fsp3) is 0.538. The predicted molar refractivity (Wildman–Crippen MR) is 64.2 cm³/mol. The van der Waals surface area contributed by atoms with Crippen LogP contribution in [0.1, 0.15) is 25.8 Å². The minimum Gasteiger partial charge on any atom is -0.497 e. The van der Waals surface area contributed by atoms with E-state index >= 15 is 0 Å². The summed E-state index contributed by atoms with van der Waals surface area (Å²) in [6.07, 6.45) is 1.19. The van der Waals surface area contributed by atoms with Crippen LogP contribution in [0.4, 0.5) is 0 Å². The number of hydrogen-bond donors (Lipinski definition) is 0. The first kappa shape index (κ1) is 12.1. The highest BCUT2D eigenvalue weighted by Gasteiger charge is 2.06. The van der Waals surface area contributed by atoms with E-state index in [2.05, 4.69) is 37.9 Å². The molecule has 0 radical (unpaired) electrons. The van der Waals surface area contributed by atoms with Crippen LogP contribution in [0.15, 0.2) is 24.3 Å². The van der Waals surface area contributed by atoms with E-state index in [1.165, 1.54) is 12.0 Å². The van der Waals surface area contributed by atoms with Gasteiger partial charge in [-0.05, 0) is 38.1 Å². The Balaban J connectivity index is 2.57. The molecule has 0 aliphatic rings. The van der Waals surface area contributed by atoms with E-state index in [-0.39, 0.29) is 0 Å². The predicted octanol–water partition coefficient (Wildman–Crippen LogP) is 2.93. The summed E-state index contributed by atoms with van der Waals surface area (Å²) >= 11 is 0. The molecule has 15 heavy (non-hydrogen) atoms. The largest absolute Gasteiger partial charge is 0.497 e. The second kappa shape index (κ2) is 5.76. The van der Waals surface area contributed by atoms with E-state index in [0.717, 1.165) is 12.3 Å². The molecule has 1 rings (SSSR count). The first-order valence-corrected chi connectivity index (χ1v) is 5.50. The maximum absolute atomic E-state index is 5.13. The van der Waals surface area contributed by atoms with Crippen molar-refractivity contribution in [1.29, 1.82) is 0 Å². The fourth-order valence-corrected chi connectivity index (χ4v) is 1.49. The Kier molecular flexibility index (Phi) is 4.63. The van der Waals surface area contributed by atoms with Gasteiger partial charge in [0.2, 0.25) is 0 Å². The van der Waals surface area contributed by atoms with Gasteiger partial charge in [0.15, 0.2) is 0 Å². The zero-order chi connectivity index (χ0) is 11.3. The molecule has 1 aromatic rings. The van der Waals surface area contributed by atoms with Crippen LogP contribution in [-0.2, 0) is 6.54 Å². The summed E-state index contributed by atoms with van der Waals surface area (Å²) in [6.45, 7) is 5.47. The van der Waals surface area contributed by atoms with Gasteiger partial charge in [-0.1, -0.05) is 19.1 Å². The van der Waals surface area contributed by atoms with Crippen molar-refractivity contribution in [3.05, 3.63) is 29.8 Å². The van der Waals surface area contributed by atoms with E-state index < -0.39 is 0 Å². The van der Waals surface area contributed by atoms with Crippen molar-refractivity contribution in [3.8, 4) is 5.75 Å². The molecule has 0 spiro atoms. The molecule has 0 N–H and O–H groups in total. The third-order valence-corrected chi connectivity index (χ3v) is 2.93. The van der Waals surface area contributed by atoms with Gasteiger partial charge >= 0.3 is 0 Å². The first-order chi connectivity index (χ1) is 7.17. The summed E-state index contributed by atoms with van der Waals surface area (Å²) in [4.78, 5) is 2.36. The number of rotatable bonds is 5. The third kappa shape index (κ3) is 3.56. The molecule has 1 unspecified atom stereocenters. The zero-order valence-electron chi connectivity index (χ0n) is 10.2. The fourth-order valence-electron chi connectivity index (χ4n) is 1.49. The lowest BCUT2D eigenvalue weighted by Crippen LogP contribution is -2.27. The van der Waals surface area contributed by atoms with Crippen molar-refractivity contribution in [1.82, 2.24) is 4.90 Å². The molecule has 0 saturated heterocycles.